The normalized spacial score (nSPS) is 34.4. The van der Waals surface area contributed by atoms with Crippen molar-refractivity contribution in [3.05, 3.63) is 110 Å². The maximum atomic E-state index is 14.7. The summed E-state index contributed by atoms with van der Waals surface area (Å²) < 4.78 is 17.7. The lowest BCUT2D eigenvalue weighted by atomic mass is 9.72. The molecule has 0 aromatic carbocycles. The fourth-order valence-corrected chi connectivity index (χ4v) is 12.9. The third-order valence-electron chi connectivity index (χ3n) is 13.3. The maximum absolute atomic E-state index is 14.7. The number of rotatable bonds is 3. The number of allylic oxidation sites excluding steroid dienone is 15. The van der Waals surface area contributed by atoms with Crippen LogP contribution in [0.3, 0.4) is 0 Å². The van der Waals surface area contributed by atoms with Gasteiger partial charge in [0.1, 0.15) is 6.17 Å². The highest BCUT2D eigenvalue weighted by Crippen LogP contribution is 2.60. The summed E-state index contributed by atoms with van der Waals surface area (Å²) in [6.45, 7) is 9.95. The Morgan fingerprint density at radius 3 is 2.74 bits per heavy atom. The van der Waals surface area contributed by atoms with Gasteiger partial charge in [-0.25, -0.2) is 4.39 Å². The van der Waals surface area contributed by atoms with Crippen molar-refractivity contribution in [2.75, 3.05) is 0 Å². The Kier molecular flexibility index (Phi) is 7.49. The molecule has 9 rings (SSSR count). The van der Waals surface area contributed by atoms with Gasteiger partial charge in [0.2, 0.25) is 0 Å². The lowest BCUT2D eigenvalue weighted by Gasteiger charge is -2.43. The summed E-state index contributed by atoms with van der Waals surface area (Å²) in [6.07, 6.45) is 34.5. The minimum atomic E-state index is -0.828. The van der Waals surface area contributed by atoms with Crippen molar-refractivity contribution in [3.63, 3.8) is 0 Å². The van der Waals surface area contributed by atoms with Crippen molar-refractivity contribution < 1.29 is 4.39 Å². The van der Waals surface area contributed by atoms with Crippen LogP contribution in [-0.2, 0) is 18.4 Å². The first-order valence-electron chi connectivity index (χ1n) is 18.9. The Labute approximate surface area is 286 Å². The summed E-state index contributed by atoms with van der Waals surface area (Å²) in [5, 5.41) is 0.430. The molecule has 47 heavy (non-hydrogen) atoms. The lowest BCUT2D eigenvalue weighted by Crippen LogP contribution is -2.39. The quantitative estimate of drug-likeness (QED) is 0.296. The van der Waals surface area contributed by atoms with E-state index in [-0.39, 0.29) is 5.54 Å². The van der Waals surface area contributed by atoms with Crippen molar-refractivity contribution in [1.29, 1.82) is 0 Å². The summed E-state index contributed by atoms with van der Waals surface area (Å²) in [7, 11) is 0. The average Bonchev–Trinajstić information content (AvgIpc) is 3.63. The largest absolute Gasteiger partial charge is 0.338 e. The molecular formula is C44H52FNS. The molecule has 7 aliphatic carbocycles. The highest BCUT2D eigenvalue weighted by Gasteiger charge is 2.49. The fraction of sp³-hybridized carbons (Fsp3) is 0.545. The van der Waals surface area contributed by atoms with E-state index >= 15 is 0 Å². The Morgan fingerprint density at radius 1 is 0.957 bits per heavy atom. The van der Waals surface area contributed by atoms with Crippen LogP contribution in [0.25, 0.3) is 5.57 Å². The van der Waals surface area contributed by atoms with E-state index in [1.165, 1.54) is 91.4 Å². The summed E-state index contributed by atoms with van der Waals surface area (Å²) in [5.74, 6) is 2.83. The number of thioether (sulfide) groups is 1. The molecule has 1 nitrogen and oxygen atoms in total. The van der Waals surface area contributed by atoms with Crippen LogP contribution in [0.15, 0.2) is 87.5 Å². The number of nitrogens with zero attached hydrogens (tertiary/aromatic N) is 1. The van der Waals surface area contributed by atoms with Crippen LogP contribution in [-0.4, -0.2) is 16.0 Å². The van der Waals surface area contributed by atoms with E-state index in [1.807, 2.05) is 6.08 Å². The van der Waals surface area contributed by atoms with Crippen LogP contribution in [0, 0.1) is 23.7 Å². The van der Waals surface area contributed by atoms with Gasteiger partial charge in [0.15, 0.2) is 0 Å². The highest BCUT2D eigenvalue weighted by molar-refractivity contribution is 8.04. The lowest BCUT2D eigenvalue weighted by molar-refractivity contribution is 0.261. The second kappa shape index (κ2) is 11.5. The molecule has 0 bridgehead atoms. The van der Waals surface area contributed by atoms with Gasteiger partial charge in [-0.3, -0.25) is 0 Å². The van der Waals surface area contributed by atoms with E-state index in [4.69, 9.17) is 0 Å². The minimum Gasteiger partial charge on any atom is -0.338 e. The standard InChI is InChI=1S/C44H52FNS/c1-26-10-5-6-12-30(22-26)31-23-27(2)38(24-31)44(3,4)46-41-33-14-8-7-11-28(33)16-19-36(41)35-15-9-13-29-17-20-37-34-21-18-32(45)25-39(34)47-43(37)40(29)42(35)46/h5-7,11-12,18,21,23-24,26,28,32-33,37-38,43H,8-10,13-17,19-20,22,25H2,1-4H3/t26?,28?,32?,33?,37?,38-,43?/m1/s1. The van der Waals surface area contributed by atoms with E-state index in [2.05, 4.69) is 92.6 Å². The second-order valence-corrected chi connectivity index (χ2v) is 17.9. The molecule has 0 radical (unpaired) electrons. The molecule has 0 N–H and O–H groups in total. The van der Waals surface area contributed by atoms with Crippen LogP contribution in [0.4, 0.5) is 4.39 Å². The first kappa shape index (κ1) is 30.5. The monoisotopic (exact) mass is 645 g/mol. The van der Waals surface area contributed by atoms with Gasteiger partial charge in [-0.15, -0.1) is 11.8 Å². The second-order valence-electron chi connectivity index (χ2n) is 16.7. The minimum absolute atomic E-state index is 0.106. The molecule has 1 aliphatic heterocycles. The van der Waals surface area contributed by atoms with Gasteiger partial charge in [-0.2, -0.15) is 0 Å². The third-order valence-corrected chi connectivity index (χ3v) is 14.8. The van der Waals surface area contributed by atoms with Gasteiger partial charge in [0.05, 0.1) is 0 Å². The molecule has 0 amide bonds. The van der Waals surface area contributed by atoms with E-state index in [9.17, 15) is 4.39 Å². The first-order chi connectivity index (χ1) is 22.8. The van der Waals surface area contributed by atoms with Gasteiger partial charge in [-0.1, -0.05) is 72.8 Å². The highest BCUT2D eigenvalue weighted by atomic mass is 32.2. The number of fused-ring (bicyclic) bond motifs is 9. The SMILES string of the molecule is CC1=CC(C2=CC=CCC(C)C2)=C[C@H]1C(C)(C)n1c2c(c3c1C1CCC=CC1CC3)CCCC1=C2C2SC3=C(C=CC(F)C3)C2CC1. The predicted octanol–water partition coefficient (Wildman–Crippen LogP) is 11.8. The van der Waals surface area contributed by atoms with Gasteiger partial charge in [0, 0.05) is 46.4 Å². The Balaban J connectivity index is 1.22. The van der Waals surface area contributed by atoms with Crippen LogP contribution in [0.5, 0.6) is 0 Å². The molecule has 0 saturated heterocycles. The molecule has 6 unspecified atom stereocenters. The number of aromatic nitrogens is 1. The van der Waals surface area contributed by atoms with E-state index < -0.39 is 6.17 Å². The molecule has 0 spiro atoms. The first-order valence-corrected chi connectivity index (χ1v) is 19.8. The molecule has 8 aliphatic rings. The number of hydrogen-bond acceptors (Lipinski definition) is 1. The van der Waals surface area contributed by atoms with E-state index in [0.29, 0.717) is 41.3 Å². The molecule has 1 aromatic rings. The number of hydrogen-bond donors (Lipinski definition) is 0. The molecule has 246 valence electrons. The molecule has 3 heteroatoms. The predicted molar refractivity (Wildman–Crippen MR) is 197 cm³/mol. The van der Waals surface area contributed by atoms with Crippen LogP contribution in [0.2, 0.25) is 0 Å². The maximum Gasteiger partial charge on any atom is 0.123 e. The summed E-state index contributed by atoms with van der Waals surface area (Å²) >= 11 is 2.05. The third kappa shape index (κ3) is 4.83. The average molecular weight is 646 g/mol. The van der Waals surface area contributed by atoms with Crippen molar-refractivity contribution in [1.82, 2.24) is 4.57 Å². The Bertz CT molecular complexity index is 1760. The smallest absolute Gasteiger partial charge is 0.123 e. The number of halogens is 1. The van der Waals surface area contributed by atoms with Crippen LogP contribution >= 0.6 is 11.8 Å². The fourth-order valence-electron chi connectivity index (χ4n) is 11.2. The Morgan fingerprint density at radius 2 is 1.85 bits per heavy atom. The molecule has 7 atom stereocenters. The van der Waals surface area contributed by atoms with Gasteiger partial charge < -0.3 is 4.57 Å². The summed E-state index contributed by atoms with van der Waals surface area (Å²) in [4.78, 5) is 1.34. The number of alkyl halides is 1. The van der Waals surface area contributed by atoms with Crippen molar-refractivity contribution in [3.8, 4) is 0 Å². The van der Waals surface area contributed by atoms with Gasteiger partial charge in [0.25, 0.3) is 0 Å². The molecule has 0 fully saturated rings. The summed E-state index contributed by atoms with van der Waals surface area (Å²) in [6, 6.07) is 0. The van der Waals surface area contributed by atoms with Crippen LogP contribution in [0.1, 0.15) is 120 Å². The molecule has 0 saturated carbocycles. The zero-order valence-corrected chi connectivity index (χ0v) is 29.8. The molecule has 2 heterocycles. The van der Waals surface area contributed by atoms with Gasteiger partial charge >= 0.3 is 0 Å². The van der Waals surface area contributed by atoms with Crippen molar-refractivity contribution >= 4 is 17.3 Å². The zero-order valence-electron chi connectivity index (χ0n) is 29.0. The summed E-state index contributed by atoms with van der Waals surface area (Å²) in [5.41, 5.74) is 16.0. The van der Waals surface area contributed by atoms with E-state index in [0.717, 1.165) is 6.42 Å². The Hall–Kier alpha value is -2.52. The van der Waals surface area contributed by atoms with E-state index in [1.54, 1.807) is 33.7 Å². The van der Waals surface area contributed by atoms with Gasteiger partial charge in [-0.05, 0) is 142 Å². The molecule has 1 aromatic heterocycles. The van der Waals surface area contributed by atoms with Crippen molar-refractivity contribution in [2.45, 2.75) is 128 Å². The van der Waals surface area contributed by atoms with Crippen LogP contribution < -0.4 is 0 Å². The molecular weight excluding hydrogens is 594 g/mol. The zero-order chi connectivity index (χ0) is 32.0. The van der Waals surface area contributed by atoms with Crippen molar-refractivity contribution in [2.24, 2.45) is 23.7 Å². The topological polar surface area (TPSA) is 4.93 Å².